The first-order valence-corrected chi connectivity index (χ1v) is 6.31. The molecule has 1 heterocycles. The Hall–Kier alpha value is -2.83. The van der Waals surface area contributed by atoms with Gasteiger partial charge in [0.25, 0.3) is 11.6 Å². The smallest absolute Gasteiger partial charge is 0.282 e. The Morgan fingerprint density at radius 1 is 1.33 bits per heavy atom. The third-order valence-corrected chi connectivity index (χ3v) is 2.95. The lowest BCUT2D eigenvalue weighted by atomic mass is 10.1. The van der Waals surface area contributed by atoms with Gasteiger partial charge in [0.1, 0.15) is 17.1 Å². The summed E-state index contributed by atoms with van der Waals surface area (Å²) < 4.78 is 5.33. The number of nitrogens with zero attached hydrogens (tertiary/aromatic N) is 1. The molecule has 7 heteroatoms. The van der Waals surface area contributed by atoms with E-state index in [2.05, 4.69) is 10.6 Å². The molecule has 0 aliphatic carbocycles. The van der Waals surface area contributed by atoms with Crippen molar-refractivity contribution in [3.8, 4) is 0 Å². The van der Waals surface area contributed by atoms with E-state index in [0.29, 0.717) is 11.4 Å². The zero-order valence-electron chi connectivity index (χ0n) is 11.7. The number of nitro benzene ring substituents is 1. The summed E-state index contributed by atoms with van der Waals surface area (Å²) in [5, 5.41) is 16.4. The van der Waals surface area contributed by atoms with Gasteiger partial charge in [0, 0.05) is 18.8 Å². The van der Waals surface area contributed by atoms with Gasteiger partial charge >= 0.3 is 0 Å². The number of furan rings is 1. The Bertz CT molecular complexity index is 679. The maximum Gasteiger partial charge on any atom is 0.282 e. The van der Waals surface area contributed by atoms with Crippen LogP contribution < -0.4 is 10.6 Å². The fraction of sp³-hybridized carbons (Fsp3) is 0.214. The van der Waals surface area contributed by atoms with Crippen LogP contribution in [-0.4, -0.2) is 17.9 Å². The molecule has 0 saturated heterocycles. The lowest BCUT2D eigenvalue weighted by molar-refractivity contribution is -0.385. The maximum absolute atomic E-state index is 12.1. The van der Waals surface area contributed by atoms with Crippen molar-refractivity contribution in [1.82, 2.24) is 5.32 Å². The maximum atomic E-state index is 12.1. The number of rotatable bonds is 5. The fourth-order valence-corrected chi connectivity index (χ4v) is 1.88. The predicted molar refractivity (Wildman–Crippen MR) is 77.3 cm³/mol. The molecule has 0 atom stereocenters. The van der Waals surface area contributed by atoms with Crippen molar-refractivity contribution in [2.45, 2.75) is 13.5 Å². The SMILES string of the molecule is CNc1ccc([N+](=O)[O-])c(C(=O)NCc2ccc(C)o2)c1. The summed E-state index contributed by atoms with van der Waals surface area (Å²) in [7, 11) is 1.68. The molecule has 2 N–H and O–H groups in total. The molecule has 0 spiro atoms. The summed E-state index contributed by atoms with van der Waals surface area (Å²) >= 11 is 0. The number of nitrogens with one attached hydrogen (secondary N) is 2. The molecule has 110 valence electrons. The van der Waals surface area contributed by atoms with Crippen molar-refractivity contribution < 1.29 is 14.1 Å². The molecule has 2 rings (SSSR count). The van der Waals surface area contributed by atoms with Crippen molar-refractivity contribution in [3.63, 3.8) is 0 Å². The predicted octanol–water partition coefficient (Wildman–Crippen LogP) is 2.47. The molecule has 21 heavy (non-hydrogen) atoms. The number of hydrogen-bond donors (Lipinski definition) is 2. The zero-order valence-corrected chi connectivity index (χ0v) is 11.7. The van der Waals surface area contributed by atoms with E-state index in [1.807, 2.05) is 0 Å². The van der Waals surface area contributed by atoms with E-state index in [9.17, 15) is 14.9 Å². The molecular formula is C14H15N3O4. The highest BCUT2D eigenvalue weighted by Gasteiger charge is 2.20. The summed E-state index contributed by atoms with van der Waals surface area (Å²) in [6.07, 6.45) is 0. The van der Waals surface area contributed by atoms with Gasteiger partial charge in [-0.2, -0.15) is 0 Å². The number of aryl methyl sites for hydroxylation is 1. The highest BCUT2D eigenvalue weighted by atomic mass is 16.6. The topological polar surface area (TPSA) is 97.4 Å². The number of amides is 1. The number of nitro groups is 1. The Balaban J connectivity index is 2.19. The van der Waals surface area contributed by atoms with Crippen LogP contribution >= 0.6 is 0 Å². The first-order chi connectivity index (χ1) is 10.0. The molecule has 1 amide bonds. The van der Waals surface area contributed by atoms with Crippen molar-refractivity contribution >= 4 is 17.3 Å². The number of benzene rings is 1. The van der Waals surface area contributed by atoms with Gasteiger partial charge in [0.05, 0.1) is 11.5 Å². The summed E-state index contributed by atoms with van der Waals surface area (Å²) in [6.45, 7) is 1.97. The van der Waals surface area contributed by atoms with E-state index < -0.39 is 10.8 Å². The molecule has 7 nitrogen and oxygen atoms in total. The summed E-state index contributed by atoms with van der Waals surface area (Å²) in [5.41, 5.74) is 0.400. The van der Waals surface area contributed by atoms with Crippen LogP contribution in [0.2, 0.25) is 0 Å². The van der Waals surface area contributed by atoms with Crippen LogP contribution in [-0.2, 0) is 6.54 Å². The molecule has 0 aliphatic heterocycles. The van der Waals surface area contributed by atoms with E-state index in [0.717, 1.165) is 5.76 Å². The summed E-state index contributed by atoms with van der Waals surface area (Å²) in [4.78, 5) is 22.5. The van der Waals surface area contributed by atoms with Crippen LogP contribution in [0.5, 0.6) is 0 Å². The normalized spacial score (nSPS) is 10.2. The van der Waals surface area contributed by atoms with E-state index in [-0.39, 0.29) is 17.8 Å². The highest BCUT2D eigenvalue weighted by Crippen LogP contribution is 2.22. The number of anilines is 1. The van der Waals surface area contributed by atoms with Gasteiger partial charge in [-0.25, -0.2) is 0 Å². The Kier molecular flexibility index (Phi) is 4.22. The third-order valence-electron chi connectivity index (χ3n) is 2.95. The van der Waals surface area contributed by atoms with E-state index >= 15 is 0 Å². The second kappa shape index (κ2) is 6.08. The van der Waals surface area contributed by atoms with Crippen molar-refractivity contribution in [1.29, 1.82) is 0 Å². The number of carbonyl (C=O) groups excluding carboxylic acids is 1. The first kappa shape index (κ1) is 14.6. The minimum absolute atomic E-state index is 0.00938. The average Bonchev–Trinajstić information content (AvgIpc) is 2.89. The van der Waals surface area contributed by atoms with Crippen LogP contribution in [0.1, 0.15) is 21.9 Å². The van der Waals surface area contributed by atoms with Gasteiger partial charge in [-0.05, 0) is 31.2 Å². The zero-order chi connectivity index (χ0) is 15.4. The second-order valence-electron chi connectivity index (χ2n) is 4.43. The molecule has 0 saturated carbocycles. The van der Waals surface area contributed by atoms with Gasteiger partial charge < -0.3 is 15.1 Å². The van der Waals surface area contributed by atoms with Gasteiger partial charge in [0.15, 0.2) is 0 Å². The summed E-state index contributed by atoms with van der Waals surface area (Å²) in [5.74, 6) is 0.809. The fourth-order valence-electron chi connectivity index (χ4n) is 1.88. The summed E-state index contributed by atoms with van der Waals surface area (Å²) in [6, 6.07) is 7.82. The van der Waals surface area contributed by atoms with Crippen molar-refractivity contribution in [3.05, 3.63) is 57.5 Å². The van der Waals surface area contributed by atoms with Crippen LogP contribution in [0.3, 0.4) is 0 Å². The second-order valence-corrected chi connectivity index (χ2v) is 4.43. The molecule has 1 aromatic carbocycles. The third kappa shape index (κ3) is 3.38. The van der Waals surface area contributed by atoms with Crippen LogP contribution in [0.25, 0.3) is 0 Å². The molecule has 0 bridgehead atoms. The largest absolute Gasteiger partial charge is 0.465 e. The van der Waals surface area contributed by atoms with Gasteiger partial charge in [-0.15, -0.1) is 0 Å². The van der Waals surface area contributed by atoms with Crippen molar-refractivity contribution in [2.75, 3.05) is 12.4 Å². The standard InChI is InChI=1S/C14H15N3O4/c1-9-3-5-11(21-9)8-16-14(18)12-7-10(15-2)4-6-13(12)17(19)20/h3-7,15H,8H2,1-2H3,(H,16,18). The average molecular weight is 289 g/mol. The quantitative estimate of drug-likeness (QED) is 0.651. The molecular weight excluding hydrogens is 274 g/mol. The molecule has 2 aromatic rings. The lowest BCUT2D eigenvalue weighted by Gasteiger charge is -2.07. The molecule has 1 aromatic heterocycles. The van der Waals surface area contributed by atoms with E-state index in [4.69, 9.17) is 4.42 Å². The minimum Gasteiger partial charge on any atom is -0.465 e. The lowest BCUT2D eigenvalue weighted by Crippen LogP contribution is -2.23. The van der Waals surface area contributed by atoms with E-state index in [1.54, 1.807) is 32.2 Å². The first-order valence-electron chi connectivity index (χ1n) is 6.31. The highest BCUT2D eigenvalue weighted by molar-refractivity contribution is 5.99. The Labute approximate surface area is 121 Å². The van der Waals surface area contributed by atoms with Crippen LogP contribution in [0.15, 0.2) is 34.7 Å². The van der Waals surface area contributed by atoms with Gasteiger partial charge in [0.2, 0.25) is 0 Å². The molecule has 0 fully saturated rings. The molecule has 0 unspecified atom stereocenters. The van der Waals surface area contributed by atoms with Crippen LogP contribution in [0, 0.1) is 17.0 Å². The minimum atomic E-state index is -0.578. The Morgan fingerprint density at radius 3 is 2.67 bits per heavy atom. The van der Waals surface area contributed by atoms with Crippen LogP contribution in [0.4, 0.5) is 11.4 Å². The molecule has 0 aliphatic rings. The molecule has 0 radical (unpaired) electrons. The van der Waals surface area contributed by atoms with Gasteiger partial charge in [-0.1, -0.05) is 0 Å². The van der Waals surface area contributed by atoms with Crippen molar-refractivity contribution in [2.24, 2.45) is 0 Å². The number of carbonyl (C=O) groups is 1. The van der Waals surface area contributed by atoms with Gasteiger partial charge in [-0.3, -0.25) is 14.9 Å². The Morgan fingerprint density at radius 2 is 2.10 bits per heavy atom. The monoisotopic (exact) mass is 289 g/mol. The van der Waals surface area contributed by atoms with E-state index in [1.165, 1.54) is 12.1 Å². The number of hydrogen-bond acceptors (Lipinski definition) is 5.